The highest BCUT2D eigenvalue weighted by atomic mass is 16.3. The van der Waals surface area contributed by atoms with E-state index in [-0.39, 0.29) is 11.5 Å². The molecule has 2 aromatic rings. The van der Waals surface area contributed by atoms with Gasteiger partial charge in [-0.1, -0.05) is 24.3 Å². The highest BCUT2D eigenvalue weighted by molar-refractivity contribution is 6.00. The molecule has 88 valence electrons. The highest BCUT2D eigenvalue weighted by Crippen LogP contribution is 2.23. The van der Waals surface area contributed by atoms with Crippen molar-refractivity contribution in [3.8, 4) is 0 Å². The zero-order chi connectivity index (χ0) is 12.5. The van der Waals surface area contributed by atoms with Crippen molar-refractivity contribution < 1.29 is 9.90 Å². The number of aromatic nitrogens is 2. The number of rotatable bonds is 1. The van der Waals surface area contributed by atoms with E-state index < -0.39 is 5.92 Å². The fourth-order valence-corrected chi connectivity index (χ4v) is 1.94. The summed E-state index contributed by atoms with van der Waals surface area (Å²) in [5.41, 5.74) is 2.08. The fourth-order valence-electron chi connectivity index (χ4n) is 1.94. The van der Waals surface area contributed by atoms with Gasteiger partial charge in [-0.3, -0.25) is 9.78 Å². The second kappa shape index (κ2) is 4.07. The lowest BCUT2D eigenvalue weighted by atomic mass is 9.95. The van der Waals surface area contributed by atoms with Gasteiger partial charge in [0.25, 0.3) is 0 Å². The topological polar surface area (TPSA) is 63.1 Å². The van der Waals surface area contributed by atoms with E-state index in [0.717, 1.165) is 11.0 Å². The number of Topliss-reactive ketones (excluding diaryl/α,β-unsaturated/α-hetero) is 1. The predicted octanol–water partition coefficient (Wildman–Crippen LogP) is 2.29. The van der Waals surface area contributed by atoms with Crippen LogP contribution in [0.25, 0.3) is 11.0 Å². The Morgan fingerprint density at radius 3 is 2.78 bits per heavy atom. The van der Waals surface area contributed by atoms with E-state index in [0.29, 0.717) is 5.69 Å². The van der Waals surface area contributed by atoms with E-state index in [4.69, 9.17) is 0 Å². The zero-order valence-corrected chi connectivity index (χ0v) is 9.45. The van der Waals surface area contributed by atoms with Crippen molar-refractivity contribution in [2.45, 2.75) is 5.92 Å². The average Bonchev–Trinajstić information content (AvgIpc) is 2.41. The molecular formula is C14H10N2O2. The van der Waals surface area contributed by atoms with Crippen molar-refractivity contribution in [2.75, 3.05) is 0 Å². The first-order valence-corrected chi connectivity index (χ1v) is 5.59. The Balaban J connectivity index is 2.07. The quantitative estimate of drug-likeness (QED) is 0.827. The number of para-hydroxylation sites is 2. The predicted molar refractivity (Wildman–Crippen MR) is 67.1 cm³/mol. The van der Waals surface area contributed by atoms with Crippen LogP contribution in [-0.4, -0.2) is 20.9 Å². The average molecular weight is 238 g/mol. The van der Waals surface area contributed by atoms with Gasteiger partial charge in [-0.25, -0.2) is 4.98 Å². The maximum absolute atomic E-state index is 11.8. The second-order valence-electron chi connectivity index (χ2n) is 4.06. The molecule has 0 radical (unpaired) electrons. The summed E-state index contributed by atoms with van der Waals surface area (Å²) in [5.74, 6) is -1.13. The molecule has 0 saturated carbocycles. The molecule has 1 aromatic heterocycles. The monoisotopic (exact) mass is 238 g/mol. The third-order valence-electron chi connectivity index (χ3n) is 2.88. The van der Waals surface area contributed by atoms with Gasteiger partial charge in [0.05, 0.1) is 28.8 Å². The van der Waals surface area contributed by atoms with Crippen LogP contribution in [-0.2, 0) is 4.79 Å². The largest absolute Gasteiger partial charge is 0.504 e. The molecule has 1 atom stereocenters. The van der Waals surface area contributed by atoms with Gasteiger partial charge in [0.15, 0.2) is 5.76 Å². The van der Waals surface area contributed by atoms with E-state index >= 15 is 0 Å². The molecule has 0 bridgehead atoms. The van der Waals surface area contributed by atoms with Crippen LogP contribution in [0.3, 0.4) is 0 Å². The SMILES string of the molecule is O=C1C(O)=CC=CC1c1cnc2ccccc2n1. The van der Waals surface area contributed by atoms with Gasteiger partial charge < -0.3 is 5.11 Å². The van der Waals surface area contributed by atoms with Gasteiger partial charge in [-0.15, -0.1) is 0 Å². The molecule has 1 aliphatic carbocycles. The van der Waals surface area contributed by atoms with E-state index in [1.165, 1.54) is 6.08 Å². The Hall–Kier alpha value is -2.49. The van der Waals surface area contributed by atoms with Crippen molar-refractivity contribution in [3.63, 3.8) is 0 Å². The molecule has 1 aromatic carbocycles. The molecular weight excluding hydrogens is 228 g/mol. The Bertz CT molecular complexity index is 689. The summed E-state index contributed by atoms with van der Waals surface area (Å²) >= 11 is 0. The zero-order valence-electron chi connectivity index (χ0n) is 9.45. The number of benzene rings is 1. The molecule has 3 rings (SSSR count). The fraction of sp³-hybridized carbons (Fsp3) is 0.0714. The van der Waals surface area contributed by atoms with Crippen LogP contribution in [0.15, 0.2) is 54.4 Å². The molecule has 1 aliphatic rings. The number of carbonyl (C=O) groups excluding carboxylic acids is 1. The number of hydrogen-bond acceptors (Lipinski definition) is 4. The number of aliphatic hydroxyl groups is 1. The Morgan fingerprint density at radius 1 is 1.17 bits per heavy atom. The third kappa shape index (κ3) is 1.68. The van der Waals surface area contributed by atoms with Gasteiger partial charge in [-0.2, -0.15) is 0 Å². The number of hydrogen-bond donors (Lipinski definition) is 1. The number of ketones is 1. The van der Waals surface area contributed by atoms with Crippen LogP contribution < -0.4 is 0 Å². The van der Waals surface area contributed by atoms with E-state index in [2.05, 4.69) is 9.97 Å². The van der Waals surface area contributed by atoms with Crippen LogP contribution >= 0.6 is 0 Å². The maximum atomic E-state index is 11.8. The molecule has 0 spiro atoms. The van der Waals surface area contributed by atoms with Gasteiger partial charge in [0.1, 0.15) is 0 Å². The summed E-state index contributed by atoms with van der Waals surface area (Å²) in [4.78, 5) is 20.5. The second-order valence-corrected chi connectivity index (χ2v) is 4.06. The van der Waals surface area contributed by atoms with Crippen molar-refractivity contribution in [2.24, 2.45) is 0 Å². The van der Waals surface area contributed by atoms with Crippen LogP contribution in [0, 0.1) is 0 Å². The maximum Gasteiger partial charge on any atom is 0.209 e. The molecule has 1 unspecified atom stereocenters. The third-order valence-corrected chi connectivity index (χ3v) is 2.88. The first kappa shape index (κ1) is 10.7. The van der Waals surface area contributed by atoms with Gasteiger partial charge in [0, 0.05) is 0 Å². The first-order valence-electron chi connectivity index (χ1n) is 5.59. The molecule has 4 nitrogen and oxygen atoms in total. The lowest BCUT2D eigenvalue weighted by Gasteiger charge is -2.13. The van der Waals surface area contributed by atoms with Gasteiger partial charge in [-0.05, 0) is 18.2 Å². The molecule has 0 amide bonds. The van der Waals surface area contributed by atoms with E-state index in [1.54, 1.807) is 18.3 Å². The summed E-state index contributed by atoms with van der Waals surface area (Å²) in [7, 11) is 0. The summed E-state index contributed by atoms with van der Waals surface area (Å²) in [5, 5.41) is 9.43. The molecule has 0 saturated heterocycles. The molecule has 4 heteroatoms. The first-order chi connectivity index (χ1) is 8.75. The van der Waals surface area contributed by atoms with Crippen molar-refractivity contribution in [1.82, 2.24) is 9.97 Å². The molecule has 0 aliphatic heterocycles. The number of nitrogens with zero attached hydrogens (tertiary/aromatic N) is 2. The molecule has 0 fully saturated rings. The smallest absolute Gasteiger partial charge is 0.209 e. The van der Waals surface area contributed by atoms with E-state index in [1.807, 2.05) is 24.3 Å². The lowest BCUT2D eigenvalue weighted by molar-refractivity contribution is -0.118. The number of carbonyl (C=O) groups is 1. The van der Waals surface area contributed by atoms with Crippen LogP contribution in [0.2, 0.25) is 0 Å². The number of allylic oxidation sites excluding steroid dienone is 4. The number of fused-ring (bicyclic) bond motifs is 1. The van der Waals surface area contributed by atoms with Crippen LogP contribution in [0.5, 0.6) is 0 Å². The Kier molecular flexibility index (Phi) is 2.41. The highest BCUT2D eigenvalue weighted by Gasteiger charge is 2.24. The summed E-state index contributed by atoms with van der Waals surface area (Å²) in [6, 6.07) is 7.47. The van der Waals surface area contributed by atoms with Crippen molar-refractivity contribution in [1.29, 1.82) is 0 Å². The van der Waals surface area contributed by atoms with Crippen molar-refractivity contribution >= 4 is 16.8 Å². The molecule has 18 heavy (non-hydrogen) atoms. The Morgan fingerprint density at radius 2 is 1.94 bits per heavy atom. The summed E-state index contributed by atoms with van der Waals surface area (Å²) in [6.45, 7) is 0. The molecule has 1 heterocycles. The minimum atomic E-state index is -0.549. The summed E-state index contributed by atoms with van der Waals surface area (Å²) < 4.78 is 0. The summed E-state index contributed by atoms with van der Waals surface area (Å²) in [6.07, 6.45) is 6.32. The minimum absolute atomic E-state index is 0.238. The van der Waals surface area contributed by atoms with Crippen LogP contribution in [0.1, 0.15) is 11.6 Å². The van der Waals surface area contributed by atoms with Crippen molar-refractivity contribution in [3.05, 3.63) is 60.1 Å². The van der Waals surface area contributed by atoms with Crippen LogP contribution in [0.4, 0.5) is 0 Å². The Labute approximate surface area is 103 Å². The standard InChI is InChI=1S/C14H10N2O2/c17-13-7-3-4-9(14(13)18)12-8-15-10-5-1-2-6-11(10)16-12/h1-9,17H. The lowest BCUT2D eigenvalue weighted by Crippen LogP contribution is -2.16. The van der Waals surface area contributed by atoms with Gasteiger partial charge >= 0.3 is 0 Å². The number of aliphatic hydroxyl groups excluding tert-OH is 1. The molecule has 1 N–H and O–H groups in total. The normalized spacial score (nSPS) is 19.0. The van der Waals surface area contributed by atoms with E-state index in [9.17, 15) is 9.90 Å². The minimum Gasteiger partial charge on any atom is -0.504 e. The van der Waals surface area contributed by atoms with Gasteiger partial charge in [0.2, 0.25) is 5.78 Å².